The average molecular weight is 346 g/mol. The maximum Gasteiger partial charge on any atom is 0.226 e. The molecular weight excluding hydrogens is 324 g/mol. The molecule has 0 radical (unpaired) electrons. The van der Waals surface area contributed by atoms with E-state index in [1.54, 1.807) is 33.3 Å². The highest BCUT2D eigenvalue weighted by Crippen LogP contribution is 2.42. The molecule has 1 aromatic heterocycles. The first kappa shape index (κ1) is 17.3. The molecule has 1 amide bonds. The molecule has 3 rings (SSSR count). The summed E-state index contributed by atoms with van der Waals surface area (Å²) >= 11 is 0. The third kappa shape index (κ3) is 3.46. The van der Waals surface area contributed by atoms with Gasteiger partial charge in [0.2, 0.25) is 5.91 Å². The summed E-state index contributed by atoms with van der Waals surface area (Å²) in [6.45, 7) is 1.90. The molecule has 25 heavy (non-hydrogen) atoms. The van der Waals surface area contributed by atoms with Gasteiger partial charge in [0, 0.05) is 6.07 Å². The number of benzene rings is 1. The molecule has 1 atom stereocenters. The van der Waals surface area contributed by atoms with Crippen LogP contribution in [0.5, 0.6) is 11.5 Å². The Morgan fingerprint density at radius 2 is 2.04 bits per heavy atom. The monoisotopic (exact) mass is 346 g/mol. The Kier molecular flexibility index (Phi) is 4.67. The molecule has 134 valence electrons. The van der Waals surface area contributed by atoms with Gasteiger partial charge in [0.25, 0.3) is 0 Å². The second kappa shape index (κ2) is 6.76. The lowest BCUT2D eigenvalue weighted by Gasteiger charge is -2.25. The van der Waals surface area contributed by atoms with Crippen molar-refractivity contribution in [3.8, 4) is 11.5 Å². The standard InChI is InChI=1S/C18H22N2O5/c1-11-6-13(20-25-11)8-17(21)19-10-18(22)5-4-12-7-15(23-2)16(24-3)9-14(12)18/h6-7,9,22H,4-5,8,10H2,1-3H3,(H,19,21). The van der Waals surface area contributed by atoms with E-state index in [4.69, 9.17) is 14.0 Å². The number of amides is 1. The highest BCUT2D eigenvalue weighted by molar-refractivity contribution is 5.78. The fourth-order valence-corrected chi connectivity index (χ4v) is 3.19. The van der Waals surface area contributed by atoms with Gasteiger partial charge in [-0.1, -0.05) is 5.16 Å². The van der Waals surface area contributed by atoms with Gasteiger partial charge in [0.1, 0.15) is 11.4 Å². The highest BCUT2D eigenvalue weighted by atomic mass is 16.5. The van der Waals surface area contributed by atoms with Gasteiger partial charge in [0.15, 0.2) is 11.5 Å². The zero-order valence-corrected chi connectivity index (χ0v) is 14.6. The van der Waals surface area contributed by atoms with E-state index in [0.717, 1.165) is 11.1 Å². The van der Waals surface area contributed by atoms with Crippen molar-refractivity contribution < 1.29 is 23.9 Å². The minimum Gasteiger partial charge on any atom is -0.493 e. The Hall–Kier alpha value is -2.54. The molecule has 0 bridgehead atoms. The molecule has 1 aliphatic carbocycles. The van der Waals surface area contributed by atoms with Crippen LogP contribution >= 0.6 is 0 Å². The van der Waals surface area contributed by atoms with Gasteiger partial charge in [0.05, 0.1) is 32.9 Å². The Morgan fingerprint density at radius 1 is 1.32 bits per heavy atom. The van der Waals surface area contributed by atoms with Gasteiger partial charge in [-0.3, -0.25) is 4.79 Å². The van der Waals surface area contributed by atoms with Crippen molar-refractivity contribution in [3.63, 3.8) is 0 Å². The van der Waals surface area contributed by atoms with Crippen LogP contribution < -0.4 is 14.8 Å². The van der Waals surface area contributed by atoms with Gasteiger partial charge in [-0.15, -0.1) is 0 Å². The molecule has 1 aromatic carbocycles. The highest BCUT2D eigenvalue weighted by Gasteiger charge is 2.38. The van der Waals surface area contributed by atoms with Crippen LogP contribution in [0.4, 0.5) is 0 Å². The Labute approximate surface area is 145 Å². The van der Waals surface area contributed by atoms with Crippen molar-refractivity contribution in [1.29, 1.82) is 0 Å². The molecule has 0 spiro atoms. The van der Waals surface area contributed by atoms with Gasteiger partial charge in [-0.05, 0) is 43.0 Å². The minimum atomic E-state index is -1.12. The summed E-state index contributed by atoms with van der Waals surface area (Å²) in [5.41, 5.74) is 1.22. The van der Waals surface area contributed by atoms with E-state index in [9.17, 15) is 9.90 Å². The molecule has 1 unspecified atom stereocenters. The molecular formula is C18H22N2O5. The lowest BCUT2D eigenvalue weighted by Crippen LogP contribution is -2.40. The average Bonchev–Trinajstić information content (AvgIpc) is 3.15. The summed E-state index contributed by atoms with van der Waals surface area (Å²) in [6.07, 6.45) is 1.36. The molecule has 7 nitrogen and oxygen atoms in total. The predicted molar refractivity (Wildman–Crippen MR) is 89.7 cm³/mol. The number of ether oxygens (including phenoxy) is 2. The van der Waals surface area contributed by atoms with E-state index >= 15 is 0 Å². The smallest absolute Gasteiger partial charge is 0.226 e. The number of aryl methyl sites for hydroxylation is 2. The zero-order chi connectivity index (χ0) is 18.0. The molecule has 1 heterocycles. The van der Waals surface area contributed by atoms with Crippen LogP contribution in [0.2, 0.25) is 0 Å². The normalized spacial score (nSPS) is 18.7. The molecule has 2 aromatic rings. The summed E-state index contributed by atoms with van der Waals surface area (Å²) in [5, 5.41) is 17.6. The summed E-state index contributed by atoms with van der Waals surface area (Å²) < 4.78 is 15.6. The van der Waals surface area contributed by atoms with E-state index < -0.39 is 5.60 Å². The van der Waals surface area contributed by atoms with Crippen molar-refractivity contribution in [3.05, 3.63) is 40.8 Å². The number of hydrogen-bond acceptors (Lipinski definition) is 6. The van der Waals surface area contributed by atoms with Crippen LogP contribution in [0.25, 0.3) is 0 Å². The number of carbonyl (C=O) groups is 1. The maximum absolute atomic E-state index is 12.1. The lowest BCUT2D eigenvalue weighted by molar-refractivity contribution is -0.121. The summed E-state index contributed by atoms with van der Waals surface area (Å²) in [6, 6.07) is 5.39. The molecule has 0 fully saturated rings. The largest absolute Gasteiger partial charge is 0.493 e. The first-order chi connectivity index (χ1) is 11.9. The first-order valence-electron chi connectivity index (χ1n) is 8.12. The van der Waals surface area contributed by atoms with Crippen LogP contribution in [0.3, 0.4) is 0 Å². The van der Waals surface area contributed by atoms with Crippen LogP contribution in [-0.4, -0.2) is 36.9 Å². The number of hydrogen-bond donors (Lipinski definition) is 2. The van der Waals surface area contributed by atoms with Gasteiger partial charge < -0.3 is 24.4 Å². The number of rotatable bonds is 6. The summed E-state index contributed by atoms with van der Waals surface area (Å²) in [7, 11) is 3.14. The molecule has 1 aliphatic rings. The predicted octanol–water partition coefficient (Wildman–Crippen LogP) is 1.49. The SMILES string of the molecule is COc1cc2c(cc1OC)C(O)(CNC(=O)Cc1cc(C)on1)CC2. The number of fused-ring (bicyclic) bond motifs is 1. The van der Waals surface area contributed by atoms with Gasteiger partial charge in [-0.2, -0.15) is 0 Å². The van der Waals surface area contributed by atoms with Crippen molar-refractivity contribution in [1.82, 2.24) is 10.5 Å². The molecule has 7 heteroatoms. The van der Waals surface area contributed by atoms with Crippen LogP contribution in [0.15, 0.2) is 22.7 Å². The summed E-state index contributed by atoms with van der Waals surface area (Å²) in [5.74, 6) is 1.64. The first-order valence-corrected chi connectivity index (χ1v) is 8.12. The molecule has 0 saturated carbocycles. The Balaban J connectivity index is 1.70. The van der Waals surface area contributed by atoms with Crippen LogP contribution in [-0.2, 0) is 23.2 Å². The third-order valence-electron chi connectivity index (χ3n) is 4.52. The minimum absolute atomic E-state index is 0.117. The molecule has 2 N–H and O–H groups in total. The third-order valence-corrected chi connectivity index (χ3v) is 4.52. The van der Waals surface area contributed by atoms with Crippen molar-refractivity contribution in [2.24, 2.45) is 0 Å². The van der Waals surface area contributed by atoms with E-state index in [2.05, 4.69) is 10.5 Å². The van der Waals surface area contributed by atoms with E-state index in [0.29, 0.717) is 35.8 Å². The molecule has 0 aliphatic heterocycles. The number of aliphatic hydroxyl groups is 1. The van der Waals surface area contributed by atoms with E-state index in [1.807, 2.05) is 6.07 Å². The number of aromatic nitrogens is 1. The number of nitrogens with zero attached hydrogens (tertiary/aromatic N) is 1. The summed E-state index contributed by atoms with van der Waals surface area (Å²) in [4.78, 5) is 12.1. The van der Waals surface area contributed by atoms with Crippen molar-refractivity contribution in [2.75, 3.05) is 20.8 Å². The quantitative estimate of drug-likeness (QED) is 0.823. The fraction of sp³-hybridized carbons (Fsp3) is 0.444. The second-order valence-electron chi connectivity index (χ2n) is 6.28. The number of carbonyl (C=O) groups excluding carboxylic acids is 1. The van der Waals surface area contributed by atoms with E-state index in [-0.39, 0.29) is 18.9 Å². The zero-order valence-electron chi connectivity index (χ0n) is 14.6. The maximum atomic E-state index is 12.1. The van der Waals surface area contributed by atoms with Gasteiger partial charge >= 0.3 is 0 Å². The van der Waals surface area contributed by atoms with Crippen molar-refractivity contribution in [2.45, 2.75) is 31.8 Å². The lowest BCUT2D eigenvalue weighted by atomic mass is 9.95. The second-order valence-corrected chi connectivity index (χ2v) is 6.28. The topological polar surface area (TPSA) is 93.8 Å². The van der Waals surface area contributed by atoms with E-state index in [1.165, 1.54) is 0 Å². The fourth-order valence-electron chi connectivity index (χ4n) is 3.19. The number of nitrogens with one attached hydrogen (secondary N) is 1. The Bertz CT molecular complexity index is 786. The van der Waals surface area contributed by atoms with Crippen LogP contribution in [0, 0.1) is 6.92 Å². The Morgan fingerprint density at radius 3 is 2.68 bits per heavy atom. The number of methoxy groups -OCH3 is 2. The van der Waals surface area contributed by atoms with Gasteiger partial charge in [-0.25, -0.2) is 0 Å². The van der Waals surface area contributed by atoms with Crippen molar-refractivity contribution >= 4 is 5.91 Å². The van der Waals surface area contributed by atoms with Crippen LogP contribution in [0.1, 0.15) is 29.0 Å². The molecule has 0 saturated heterocycles.